The molecule has 1 N–H and O–H groups in total. The van der Waals surface area contributed by atoms with E-state index in [1.165, 1.54) is 18.4 Å². The molecule has 2 saturated heterocycles. The molecule has 1 aromatic carbocycles. The minimum absolute atomic E-state index is 0.0822. The number of rotatable bonds is 4. The zero-order chi connectivity index (χ0) is 13.9. The average molecular weight is 275 g/mol. The largest absolute Gasteiger partial charge is 0.386 e. The summed E-state index contributed by atoms with van der Waals surface area (Å²) in [6.07, 6.45) is 4.13. The van der Waals surface area contributed by atoms with Crippen LogP contribution in [-0.2, 0) is 11.2 Å². The number of aliphatic hydroxyl groups excluding tert-OH is 1. The summed E-state index contributed by atoms with van der Waals surface area (Å²) in [5, 5.41) is 10.6. The number of ether oxygens (including phenoxy) is 1. The van der Waals surface area contributed by atoms with Crippen molar-refractivity contribution in [2.75, 3.05) is 19.7 Å². The molecule has 2 heterocycles. The van der Waals surface area contributed by atoms with Crippen molar-refractivity contribution in [2.24, 2.45) is 0 Å². The first kappa shape index (κ1) is 14.1. The third-order valence-electron chi connectivity index (χ3n) is 4.60. The second-order valence-electron chi connectivity index (χ2n) is 6.10. The maximum Gasteiger partial charge on any atom is 0.106 e. The zero-order valence-corrected chi connectivity index (χ0v) is 12.3. The molecular weight excluding hydrogens is 250 g/mol. The van der Waals surface area contributed by atoms with Gasteiger partial charge in [-0.15, -0.1) is 0 Å². The number of aliphatic hydroxyl groups is 1. The van der Waals surface area contributed by atoms with Crippen LogP contribution in [0.25, 0.3) is 0 Å². The monoisotopic (exact) mass is 275 g/mol. The first-order valence-electron chi connectivity index (χ1n) is 7.90. The van der Waals surface area contributed by atoms with Gasteiger partial charge >= 0.3 is 0 Å². The Kier molecular flexibility index (Phi) is 4.39. The van der Waals surface area contributed by atoms with Gasteiger partial charge in [0.05, 0.1) is 6.61 Å². The maximum atomic E-state index is 10.6. The summed E-state index contributed by atoms with van der Waals surface area (Å²) >= 11 is 0. The SMILES string of the molecule is CCCc1cccc(C(O)C2CN3CCCC3CO2)c1. The highest BCUT2D eigenvalue weighted by atomic mass is 16.5. The lowest BCUT2D eigenvalue weighted by atomic mass is 9.99. The van der Waals surface area contributed by atoms with Gasteiger partial charge < -0.3 is 9.84 Å². The Balaban J connectivity index is 1.68. The van der Waals surface area contributed by atoms with Crippen LogP contribution < -0.4 is 0 Å². The topological polar surface area (TPSA) is 32.7 Å². The number of benzene rings is 1. The van der Waals surface area contributed by atoms with Crippen molar-refractivity contribution >= 4 is 0 Å². The number of morpholine rings is 1. The molecule has 20 heavy (non-hydrogen) atoms. The smallest absolute Gasteiger partial charge is 0.106 e. The third kappa shape index (κ3) is 2.90. The van der Waals surface area contributed by atoms with E-state index in [-0.39, 0.29) is 6.10 Å². The fourth-order valence-corrected chi connectivity index (χ4v) is 3.47. The molecule has 0 amide bonds. The Labute approximate surface area is 121 Å². The number of aryl methyl sites for hydroxylation is 1. The Morgan fingerprint density at radius 3 is 3.20 bits per heavy atom. The summed E-state index contributed by atoms with van der Waals surface area (Å²) in [4.78, 5) is 2.48. The van der Waals surface area contributed by atoms with E-state index < -0.39 is 6.10 Å². The van der Waals surface area contributed by atoms with E-state index in [0.717, 1.165) is 38.1 Å². The van der Waals surface area contributed by atoms with Crippen LogP contribution >= 0.6 is 0 Å². The van der Waals surface area contributed by atoms with Crippen LogP contribution in [0.2, 0.25) is 0 Å². The molecule has 3 rings (SSSR count). The molecule has 3 nitrogen and oxygen atoms in total. The minimum atomic E-state index is -0.506. The van der Waals surface area contributed by atoms with Crippen molar-refractivity contribution in [1.29, 1.82) is 0 Å². The molecule has 2 aliphatic rings. The van der Waals surface area contributed by atoms with Gasteiger partial charge in [0.15, 0.2) is 0 Å². The van der Waals surface area contributed by atoms with Crippen molar-refractivity contribution in [3.63, 3.8) is 0 Å². The first-order valence-corrected chi connectivity index (χ1v) is 7.90. The summed E-state index contributed by atoms with van der Waals surface area (Å²) in [7, 11) is 0. The van der Waals surface area contributed by atoms with Gasteiger partial charge in [-0.25, -0.2) is 0 Å². The van der Waals surface area contributed by atoms with Crippen LogP contribution in [0.5, 0.6) is 0 Å². The Bertz CT molecular complexity index is 448. The number of fused-ring (bicyclic) bond motifs is 1. The molecule has 0 saturated carbocycles. The molecule has 0 aromatic heterocycles. The fourth-order valence-electron chi connectivity index (χ4n) is 3.47. The second-order valence-corrected chi connectivity index (χ2v) is 6.10. The summed E-state index contributed by atoms with van der Waals surface area (Å²) < 4.78 is 5.92. The molecule has 2 aliphatic heterocycles. The Hall–Kier alpha value is -0.900. The van der Waals surface area contributed by atoms with E-state index in [2.05, 4.69) is 24.0 Å². The lowest BCUT2D eigenvalue weighted by Gasteiger charge is -2.37. The number of nitrogens with zero attached hydrogens (tertiary/aromatic N) is 1. The van der Waals surface area contributed by atoms with Crippen molar-refractivity contribution in [3.05, 3.63) is 35.4 Å². The van der Waals surface area contributed by atoms with Gasteiger partial charge in [0.25, 0.3) is 0 Å². The highest BCUT2D eigenvalue weighted by molar-refractivity contribution is 5.26. The van der Waals surface area contributed by atoms with E-state index in [4.69, 9.17) is 4.74 Å². The molecule has 0 aliphatic carbocycles. The van der Waals surface area contributed by atoms with Crippen LogP contribution in [0.4, 0.5) is 0 Å². The van der Waals surface area contributed by atoms with E-state index in [0.29, 0.717) is 6.04 Å². The van der Waals surface area contributed by atoms with E-state index >= 15 is 0 Å². The van der Waals surface area contributed by atoms with Crippen LogP contribution in [0.3, 0.4) is 0 Å². The van der Waals surface area contributed by atoms with Crippen LogP contribution in [0, 0.1) is 0 Å². The van der Waals surface area contributed by atoms with E-state index in [1.807, 2.05) is 12.1 Å². The summed E-state index contributed by atoms with van der Waals surface area (Å²) in [6.45, 7) is 4.98. The summed E-state index contributed by atoms with van der Waals surface area (Å²) in [5.41, 5.74) is 2.30. The molecule has 0 spiro atoms. The highest BCUT2D eigenvalue weighted by Crippen LogP contribution is 2.29. The Morgan fingerprint density at radius 1 is 1.45 bits per heavy atom. The lowest BCUT2D eigenvalue weighted by Crippen LogP contribution is -2.48. The molecule has 3 unspecified atom stereocenters. The van der Waals surface area contributed by atoms with Crippen LogP contribution in [-0.4, -0.2) is 41.8 Å². The predicted molar refractivity (Wildman–Crippen MR) is 79.7 cm³/mol. The molecule has 2 fully saturated rings. The standard InChI is InChI=1S/C17H25NO2/c1-2-5-13-6-3-7-14(10-13)17(19)16-11-18-9-4-8-15(18)12-20-16/h3,6-7,10,15-17,19H,2,4-5,8-9,11-12H2,1H3. The zero-order valence-electron chi connectivity index (χ0n) is 12.3. The first-order chi connectivity index (χ1) is 9.78. The molecule has 1 aromatic rings. The second kappa shape index (κ2) is 6.25. The van der Waals surface area contributed by atoms with Crippen molar-refractivity contribution in [2.45, 2.75) is 50.9 Å². The Morgan fingerprint density at radius 2 is 2.35 bits per heavy atom. The highest BCUT2D eigenvalue weighted by Gasteiger charge is 2.35. The van der Waals surface area contributed by atoms with Crippen LogP contribution in [0.15, 0.2) is 24.3 Å². The maximum absolute atomic E-state index is 10.6. The molecule has 3 heteroatoms. The van der Waals surface area contributed by atoms with Gasteiger partial charge in [-0.05, 0) is 36.9 Å². The van der Waals surface area contributed by atoms with Gasteiger partial charge in [-0.1, -0.05) is 37.6 Å². The van der Waals surface area contributed by atoms with Gasteiger partial charge in [0, 0.05) is 12.6 Å². The average Bonchev–Trinajstić information content (AvgIpc) is 2.94. The summed E-state index contributed by atoms with van der Waals surface area (Å²) in [6, 6.07) is 8.92. The summed E-state index contributed by atoms with van der Waals surface area (Å²) in [5.74, 6) is 0. The molecule has 0 radical (unpaired) electrons. The van der Waals surface area contributed by atoms with Crippen molar-refractivity contribution < 1.29 is 9.84 Å². The molecule has 3 atom stereocenters. The normalized spacial score (nSPS) is 28.3. The van der Waals surface area contributed by atoms with E-state index in [9.17, 15) is 5.11 Å². The quantitative estimate of drug-likeness (QED) is 0.916. The number of hydrogen-bond acceptors (Lipinski definition) is 3. The predicted octanol–water partition coefficient (Wildman–Crippen LogP) is 2.54. The van der Waals surface area contributed by atoms with Crippen molar-refractivity contribution in [1.82, 2.24) is 4.90 Å². The third-order valence-corrected chi connectivity index (χ3v) is 4.60. The van der Waals surface area contributed by atoms with Gasteiger partial charge in [0.1, 0.15) is 12.2 Å². The molecular formula is C17H25NO2. The minimum Gasteiger partial charge on any atom is -0.386 e. The molecule has 110 valence electrons. The van der Waals surface area contributed by atoms with E-state index in [1.54, 1.807) is 0 Å². The fraction of sp³-hybridized carbons (Fsp3) is 0.647. The van der Waals surface area contributed by atoms with Crippen LogP contribution in [0.1, 0.15) is 43.4 Å². The molecule has 0 bridgehead atoms. The lowest BCUT2D eigenvalue weighted by molar-refractivity contribution is -0.103. The van der Waals surface area contributed by atoms with Gasteiger partial charge in [-0.2, -0.15) is 0 Å². The van der Waals surface area contributed by atoms with Crippen molar-refractivity contribution in [3.8, 4) is 0 Å². The number of hydrogen-bond donors (Lipinski definition) is 1. The van der Waals surface area contributed by atoms with Gasteiger partial charge in [-0.3, -0.25) is 4.90 Å². The van der Waals surface area contributed by atoms with Gasteiger partial charge in [0.2, 0.25) is 0 Å².